The first-order chi connectivity index (χ1) is 14.4. The minimum Gasteiger partial charge on any atom is -0.492 e. The van der Waals surface area contributed by atoms with E-state index in [0.29, 0.717) is 30.5 Å². The second-order valence-corrected chi connectivity index (χ2v) is 7.69. The van der Waals surface area contributed by atoms with Crippen LogP contribution in [0.1, 0.15) is 42.1 Å². The maximum atomic E-state index is 15.3. The average Bonchev–Trinajstić information content (AvgIpc) is 3.58. The smallest absolute Gasteiger partial charge is 0.341 e. The van der Waals surface area contributed by atoms with Crippen molar-refractivity contribution >= 4 is 35.0 Å². The summed E-state index contributed by atoms with van der Waals surface area (Å²) in [4.78, 5) is 26.0. The fourth-order valence-corrected chi connectivity index (χ4v) is 4.15. The molecular formula is C21H24ClF2N3O4. The van der Waals surface area contributed by atoms with Crippen LogP contribution >= 0.6 is 12.4 Å². The van der Waals surface area contributed by atoms with Gasteiger partial charge in [-0.2, -0.15) is 0 Å². The van der Waals surface area contributed by atoms with Crippen LogP contribution in [0.4, 0.5) is 14.5 Å². The summed E-state index contributed by atoms with van der Waals surface area (Å²) >= 11 is 0. The van der Waals surface area contributed by atoms with Crippen molar-refractivity contribution in [2.24, 2.45) is 5.73 Å². The molecule has 2 fully saturated rings. The fraction of sp³-hybridized carbons (Fsp3) is 0.429. The minimum atomic E-state index is -1.36. The van der Waals surface area contributed by atoms with E-state index in [4.69, 9.17) is 10.5 Å². The van der Waals surface area contributed by atoms with E-state index in [0.717, 1.165) is 18.9 Å². The van der Waals surface area contributed by atoms with Gasteiger partial charge < -0.3 is 25.0 Å². The molecule has 0 amide bonds. The van der Waals surface area contributed by atoms with E-state index in [1.54, 1.807) is 9.47 Å². The normalized spacial score (nSPS) is 18.0. The van der Waals surface area contributed by atoms with Crippen LogP contribution in [-0.2, 0) is 0 Å². The zero-order valence-corrected chi connectivity index (χ0v) is 17.8. The van der Waals surface area contributed by atoms with Gasteiger partial charge in [0.1, 0.15) is 17.1 Å². The molecule has 0 atom stereocenters. The van der Waals surface area contributed by atoms with Crippen LogP contribution in [0.2, 0.25) is 0 Å². The largest absolute Gasteiger partial charge is 0.492 e. The number of anilines is 1. The third-order valence-electron chi connectivity index (χ3n) is 5.74. The van der Waals surface area contributed by atoms with Crippen molar-refractivity contribution in [3.8, 4) is 5.75 Å². The lowest BCUT2D eigenvalue weighted by Gasteiger charge is -2.33. The first-order valence-electron chi connectivity index (χ1n) is 9.87. The van der Waals surface area contributed by atoms with Crippen molar-refractivity contribution in [2.75, 3.05) is 31.6 Å². The molecule has 7 nitrogen and oxygen atoms in total. The summed E-state index contributed by atoms with van der Waals surface area (Å²) in [6.07, 6.45) is 4.13. The highest BCUT2D eigenvalue weighted by Crippen LogP contribution is 2.44. The Hall–Kier alpha value is -2.65. The number of nitrogens with zero attached hydrogens (tertiary/aromatic N) is 2. The van der Waals surface area contributed by atoms with Crippen LogP contribution in [0.5, 0.6) is 5.75 Å². The van der Waals surface area contributed by atoms with E-state index in [1.165, 1.54) is 13.3 Å². The number of methoxy groups -OCH3 is 1. The van der Waals surface area contributed by atoms with Crippen molar-refractivity contribution in [1.29, 1.82) is 0 Å². The predicted octanol–water partition coefficient (Wildman–Crippen LogP) is 3.39. The molecule has 1 aromatic carbocycles. The van der Waals surface area contributed by atoms with Crippen LogP contribution < -0.4 is 20.8 Å². The number of rotatable bonds is 5. The van der Waals surface area contributed by atoms with Crippen molar-refractivity contribution in [2.45, 2.75) is 31.7 Å². The molecule has 1 aromatic heterocycles. The number of ether oxygens (including phenoxy) is 1. The van der Waals surface area contributed by atoms with Gasteiger partial charge in [0, 0.05) is 31.9 Å². The van der Waals surface area contributed by atoms with E-state index in [-0.39, 0.29) is 48.4 Å². The summed E-state index contributed by atoms with van der Waals surface area (Å²) in [6.45, 7) is 0.448. The Bertz CT molecular complexity index is 1130. The monoisotopic (exact) mass is 455 g/mol. The van der Waals surface area contributed by atoms with Crippen LogP contribution in [0, 0.1) is 5.82 Å². The summed E-state index contributed by atoms with van der Waals surface area (Å²) in [7, 11) is 1.38. The highest BCUT2D eigenvalue weighted by molar-refractivity contribution is 5.97. The zero-order valence-electron chi connectivity index (χ0n) is 17.0. The lowest BCUT2D eigenvalue weighted by atomic mass is 10.0. The Kier molecular flexibility index (Phi) is 6.56. The van der Waals surface area contributed by atoms with Crippen molar-refractivity contribution in [1.82, 2.24) is 4.57 Å². The topological polar surface area (TPSA) is 97.8 Å². The number of benzene rings is 1. The molecule has 2 aromatic rings. The molecule has 2 heterocycles. The van der Waals surface area contributed by atoms with Crippen molar-refractivity contribution in [3.63, 3.8) is 0 Å². The molecule has 0 spiro atoms. The Balaban J connectivity index is 0.00000272. The molecule has 10 heteroatoms. The number of fused-ring (bicyclic) bond motifs is 1. The van der Waals surface area contributed by atoms with Crippen molar-refractivity contribution < 1.29 is 23.4 Å². The fourth-order valence-electron chi connectivity index (χ4n) is 4.15. The lowest BCUT2D eigenvalue weighted by molar-refractivity contribution is 0.0695. The first-order valence-corrected chi connectivity index (χ1v) is 9.87. The summed E-state index contributed by atoms with van der Waals surface area (Å²) in [5.74, 6) is -2.32. The van der Waals surface area contributed by atoms with Gasteiger partial charge >= 0.3 is 5.97 Å². The number of carbonyl (C=O) groups is 1. The molecule has 1 aliphatic carbocycles. The summed E-state index contributed by atoms with van der Waals surface area (Å²) in [6, 6.07) is 1.09. The molecular weight excluding hydrogens is 432 g/mol. The van der Waals surface area contributed by atoms with Gasteiger partial charge in [-0.15, -0.1) is 12.4 Å². The number of aromatic carboxylic acids is 1. The van der Waals surface area contributed by atoms with E-state index < -0.39 is 28.6 Å². The van der Waals surface area contributed by atoms with Gasteiger partial charge in [-0.3, -0.25) is 4.79 Å². The molecule has 1 aliphatic heterocycles. The quantitative estimate of drug-likeness (QED) is 0.717. The Morgan fingerprint density at radius 1 is 1.39 bits per heavy atom. The second-order valence-electron chi connectivity index (χ2n) is 7.69. The minimum absolute atomic E-state index is 0. The van der Waals surface area contributed by atoms with Gasteiger partial charge in [-0.05, 0) is 37.3 Å². The molecule has 2 aliphatic rings. The Morgan fingerprint density at radius 2 is 2.10 bits per heavy atom. The zero-order chi connectivity index (χ0) is 21.6. The van der Waals surface area contributed by atoms with Crippen LogP contribution in [-0.4, -0.2) is 42.4 Å². The molecule has 168 valence electrons. The van der Waals surface area contributed by atoms with E-state index in [1.807, 2.05) is 0 Å². The maximum absolute atomic E-state index is 15.3. The molecule has 0 radical (unpaired) electrons. The number of carboxylic acid groups (broad SMARTS) is 1. The van der Waals surface area contributed by atoms with Gasteiger partial charge in [0.05, 0.1) is 18.0 Å². The van der Waals surface area contributed by atoms with E-state index in [9.17, 15) is 19.1 Å². The lowest BCUT2D eigenvalue weighted by Crippen LogP contribution is -2.33. The number of carboxylic acids is 1. The summed E-state index contributed by atoms with van der Waals surface area (Å²) in [5.41, 5.74) is 5.29. The van der Waals surface area contributed by atoms with Gasteiger partial charge in [-0.1, -0.05) is 0 Å². The predicted molar refractivity (Wildman–Crippen MR) is 116 cm³/mol. The summed E-state index contributed by atoms with van der Waals surface area (Å²) < 4.78 is 36.6. The third kappa shape index (κ3) is 3.99. The highest BCUT2D eigenvalue weighted by Gasteiger charge is 2.32. The molecule has 4 rings (SSSR count). The van der Waals surface area contributed by atoms with Crippen molar-refractivity contribution in [3.05, 3.63) is 45.3 Å². The first kappa shape index (κ1) is 23.0. The molecule has 0 bridgehead atoms. The van der Waals surface area contributed by atoms with E-state index in [2.05, 4.69) is 0 Å². The molecule has 3 N–H and O–H groups in total. The number of piperidine rings is 1. The number of hydrogen-bond donors (Lipinski definition) is 2. The number of pyridine rings is 1. The SMILES string of the molecule is COc1c(N2CCC/C(=C(/F)CN)C2)c(F)cc2c(=O)c(C(=O)O)cn(C3CC3)c12.Cl. The standard InChI is InChI=1S/C21H23F2N3O4.ClH/c1-30-20-17-13(19(27)14(21(28)29)10-26(17)12-4-5-12)7-15(22)18(20)25-6-2-3-11(9-25)16(23)8-24;/h7,10,12H,2-6,8-9,24H2,1H3,(H,28,29);1H/b16-11-;. The number of aromatic nitrogens is 1. The van der Waals surface area contributed by atoms with Crippen LogP contribution in [0.25, 0.3) is 10.9 Å². The molecule has 1 saturated carbocycles. The molecule has 31 heavy (non-hydrogen) atoms. The Labute approximate surface area is 183 Å². The van der Waals surface area contributed by atoms with Gasteiger partial charge in [-0.25, -0.2) is 13.6 Å². The molecule has 0 unspecified atom stereocenters. The third-order valence-corrected chi connectivity index (χ3v) is 5.74. The Morgan fingerprint density at radius 3 is 2.68 bits per heavy atom. The second kappa shape index (κ2) is 8.84. The maximum Gasteiger partial charge on any atom is 0.341 e. The number of nitrogens with two attached hydrogens (primary N) is 1. The van der Waals surface area contributed by atoms with Crippen LogP contribution in [0.15, 0.2) is 28.5 Å². The number of hydrogen-bond acceptors (Lipinski definition) is 5. The highest BCUT2D eigenvalue weighted by atomic mass is 35.5. The average molecular weight is 456 g/mol. The van der Waals surface area contributed by atoms with Gasteiger partial charge in [0.2, 0.25) is 5.43 Å². The van der Waals surface area contributed by atoms with Crippen LogP contribution in [0.3, 0.4) is 0 Å². The van der Waals surface area contributed by atoms with Gasteiger partial charge in [0.15, 0.2) is 11.6 Å². The summed E-state index contributed by atoms with van der Waals surface area (Å²) in [5, 5.41) is 9.37. The van der Waals surface area contributed by atoms with E-state index >= 15 is 4.39 Å². The number of halogens is 3. The molecule has 1 saturated heterocycles. The van der Waals surface area contributed by atoms with Gasteiger partial charge in [0.25, 0.3) is 0 Å².